The number of aromatic nitrogens is 2. The molecule has 112 valence electrons. The number of rotatable bonds is 5. The van der Waals surface area contributed by atoms with Crippen molar-refractivity contribution in [2.75, 3.05) is 17.6 Å². The van der Waals surface area contributed by atoms with Gasteiger partial charge in [0.2, 0.25) is 0 Å². The molecule has 1 heterocycles. The zero-order valence-corrected chi connectivity index (χ0v) is 11.7. The minimum Gasteiger partial charge on any atom is -0.508 e. The average Bonchev–Trinajstić information content (AvgIpc) is 2.44. The van der Waals surface area contributed by atoms with Crippen LogP contribution >= 0.6 is 0 Å². The number of nitrogens with two attached hydrogens (primary N) is 1. The molecule has 0 spiro atoms. The van der Waals surface area contributed by atoms with E-state index in [1.807, 2.05) is 0 Å². The third kappa shape index (κ3) is 3.25. The summed E-state index contributed by atoms with van der Waals surface area (Å²) in [5.74, 6) is 0.347. The van der Waals surface area contributed by atoms with Gasteiger partial charge in [0.15, 0.2) is 0 Å². The Morgan fingerprint density at radius 3 is 2.57 bits per heavy atom. The summed E-state index contributed by atoms with van der Waals surface area (Å²) in [7, 11) is 0. The van der Waals surface area contributed by atoms with Gasteiger partial charge >= 0.3 is 5.69 Å². The van der Waals surface area contributed by atoms with Crippen LogP contribution < -0.4 is 22.3 Å². The van der Waals surface area contributed by atoms with Crippen LogP contribution in [0.5, 0.6) is 5.75 Å². The zero-order valence-electron chi connectivity index (χ0n) is 11.7. The maximum Gasteiger partial charge on any atom is 0.330 e. The number of anilines is 2. The molecule has 0 saturated carbocycles. The van der Waals surface area contributed by atoms with Crippen LogP contribution in [0.15, 0.2) is 33.9 Å². The first-order valence-corrected chi connectivity index (χ1v) is 6.67. The van der Waals surface area contributed by atoms with Gasteiger partial charge in [0.1, 0.15) is 17.3 Å². The van der Waals surface area contributed by atoms with E-state index in [0.717, 1.165) is 5.56 Å². The van der Waals surface area contributed by atoms with Crippen molar-refractivity contribution in [3.63, 3.8) is 0 Å². The molecule has 0 amide bonds. The third-order valence-corrected chi connectivity index (χ3v) is 3.21. The molecule has 2 aromatic rings. The molecule has 0 aliphatic carbocycles. The van der Waals surface area contributed by atoms with Gasteiger partial charge in [-0.15, -0.1) is 0 Å². The highest BCUT2D eigenvalue weighted by Gasteiger charge is 2.10. The van der Waals surface area contributed by atoms with E-state index in [4.69, 9.17) is 5.73 Å². The highest BCUT2D eigenvalue weighted by molar-refractivity contribution is 5.60. The molecule has 0 bridgehead atoms. The molecule has 0 atom stereocenters. The van der Waals surface area contributed by atoms with Gasteiger partial charge in [0.25, 0.3) is 5.56 Å². The van der Waals surface area contributed by atoms with Gasteiger partial charge in [-0.3, -0.25) is 14.3 Å². The Hall–Kier alpha value is -2.70. The lowest BCUT2D eigenvalue weighted by atomic mass is 10.1. The minimum absolute atomic E-state index is 0.136. The van der Waals surface area contributed by atoms with Gasteiger partial charge in [0.05, 0.1) is 0 Å². The topological polar surface area (TPSA) is 113 Å². The number of phenols is 1. The smallest absolute Gasteiger partial charge is 0.330 e. The van der Waals surface area contributed by atoms with Crippen molar-refractivity contribution in [2.24, 2.45) is 0 Å². The first-order valence-electron chi connectivity index (χ1n) is 6.67. The second-order valence-electron chi connectivity index (χ2n) is 4.61. The van der Waals surface area contributed by atoms with Gasteiger partial charge < -0.3 is 16.2 Å². The summed E-state index contributed by atoms with van der Waals surface area (Å²) in [6.07, 6.45) is 0.657. The largest absolute Gasteiger partial charge is 0.508 e. The summed E-state index contributed by atoms with van der Waals surface area (Å²) in [5, 5.41) is 12.2. The van der Waals surface area contributed by atoms with Crippen molar-refractivity contribution in [1.82, 2.24) is 9.55 Å². The predicted octanol–water partition coefficient (Wildman–Crippen LogP) is 0.499. The first-order chi connectivity index (χ1) is 10.0. The molecule has 0 aliphatic rings. The standard InChI is InChI=1S/C14H18N4O3/c1-2-18-12(15)11(13(20)17-14(18)21)16-8-7-9-3-5-10(19)6-4-9/h3-6,16,19H,2,7-8,15H2,1H3,(H,17,20,21). The van der Waals surface area contributed by atoms with Crippen LogP contribution in [-0.2, 0) is 13.0 Å². The SMILES string of the molecule is CCn1c(N)c(NCCc2ccc(O)cc2)c(=O)[nH]c1=O. The van der Waals surface area contributed by atoms with Crippen LogP contribution in [0.3, 0.4) is 0 Å². The zero-order chi connectivity index (χ0) is 15.4. The summed E-state index contributed by atoms with van der Waals surface area (Å²) in [6.45, 7) is 2.64. The molecule has 0 fully saturated rings. The quantitative estimate of drug-likeness (QED) is 0.640. The Morgan fingerprint density at radius 1 is 1.29 bits per heavy atom. The summed E-state index contributed by atoms with van der Waals surface area (Å²) in [6, 6.07) is 6.82. The van der Waals surface area contributed by atoms with E-state index in [9.17, 15) is 14.7 Å². The van der Waals surface area contributed by atoms with Crippen LogP contribution in [0, 0.1) is 0 Å². The van der Waals surface area contributed by atoms with Crippen molar-refractivity contribution < 1.29 is 5.11 Å². The minimum atomic E-state index is -0.520. The van der Waals surface area contributed by atoms with Crippen LogP contribution in [0.25, 0.3) is 0 Å². The summed E-state index contributed by atoms with van der Waals surface area (Å²) < 4.78 is 1.30. The first kappa shape index (κ1) is 14.7. The van der Waals surface area contributed by atoms with Gasteiger partial charge in [0, 0.05) is 13.1 Å². The number of H-pyrrole nitrogens is 1. The number of aromatic hydroxyl groups is 1. The highest BCUT2D eigenvalue weighted by atomic mass is 16.3. The molecule has 7 nitrogen and oxygen atoms in total. The average molecular weight is 290 g/mol. The summed E-state index contributed by atoms with van der Waals surface area (Å²) >= 11 is 0. The number of benzene rings is 1. The van der Waals surface area contributed by atoms with Gasteiger partial charge in [-0.2, -0.15) is 0 Å². The van der Waals surface area contributed by atoms with E-state index in [2.05, 4.69) is 10.3 Å². The fourth-order valence-corrected chi connectivity index (χ4v) is 2.07. The Balaban J connectivity index is 2.12. The molecule has 0 unspecified atom stereocenters. The molecular formula is C14H18N4O3. The molecule has 0 aliphatic heterocycles. The molecular weight excluding hydrogens is 272 g/mol. The Bertz CT molecular complexity index is 731. The molecule has 0 radical (unpaired) electrons. The lowest BCUT2D eigenvalue weighted by Crippen LogP contribution is -2.34. The van der Waals surface area contributed by atoms with E-state index in [-0.39, 0.29) is 17.3 Å². The fraction of sp³-hybridized carbons (Fsp3) is 0.286. The molecule has 2 rings (SSSR count). The molecule has 21 heavy (non-hydrogen) atoms. The third-order valence-electron chi connectivity index (χ3n) is 3.21. The van der Waals surface area contributed by atoms with Gasteiger partial charge in [-0.05, 0) is 31.0 Å². The highest BCUT2D eigenvalue weighted by Crippen LogP contribution is 2.12. The van der Waals surface area contributed by atoms with E-state index in [0.29, 0.717) is 19.5 Å². The van der Waals surface area contributed by atoms with E-state index in [1.54, 1.807) is 31.2 Å². The molecule has 0 saturated heterocycles. The Morgan fingerprint density at radius 2 is 1.95 bits per heavy atom. The second kappa shape index (κ2) is 6.17. The van der Waals surface area contributed by atoms with Crippen LogP contribution in [-0.4, -0.2) is 21.2 Å². The number of phenolic OH excluding ortho intramolecular Hbond substituents is 1. The van der Waals surface area contributed by atoms with Crippen molar-refractivity contribution >= 4 is 11.5 Å². The summed E-state index contributed by atoms with van der Waals surface area (Å²) in [4.78, 5) is 25.6. The molecule has 1 aromatic heterocycles. The number of hydrogen-bond acceptors (Lipinski definition) is 5. The Kier molecular flexibility index (Phi) is 4.32. The van der Waals surface area contributed by atoms with E-state index >= 15 is 0 Å². The van der Waals surface area contributed by atoms with Crippen LogP contribution in [0.1, 0.15) is 12.5 Å². The number of aromatic amines is 1. The molecule has 1 aromatic carbocycles. The molecule has 7 heteroatoms. The van der Waals surface area contributed by atoms with Crippen molar-refractivity contribution in [3.05, 3.63) is 50.7 Å². The maximum absolute atomic E-state index is 11.8. The lowest BCUT2D eigenvalue weighted by Gasteiger charge is -2.12. The number of nitrogens with one attached hydrogen (secondary N) is 2. The van der Waals surface area contributed by atoms with Crippen LogP contribution in [0.4, 0.5) is 11.5 Å². The normalized spacial score (nSPS) is 10.5. The number of nitrogens with zero attached hydrogens (tertiary/aromatic N) is 1. The molecule has 5 N–H and O–H groups in total. The van der Waals surface area contributed by atoms with Gasteiger partial charge in [-0.25, -0.2) is 4.79 Å². The number of hydrogen-bond donors (Lipinski definition) is 4. The monoisotopic (exact) mass is 290 g/mol. The summed E-state index contributed by atoms with van der Waals surface area (Å²) in [5.41, 5.74) is 6.03. The second-order valence-corrected chi connectivity index (χ2v) is 4.61. The van der Waals surface area contributed by atoms with Gasteiger partial charge in [-0.1, -0.05) is 12.1 Å². The van der Waals surface area contributed by atoms with Crippen molar-refractivity contribution in [2.45, 2.75) is 19.9 Å². The Labute approximate surface area is 121 Å². The predicted molar refractivity (Wildman–Crippen MR) is 81.7 cm³/mol. The van der Waals surface area contributed by atoms with E-state index in [1.165, 1.54) is 4.57 Å². The maximum atomic E-state index is 11.8. The number of nitrogen functional groups attached to an aromatic ring is 1. The lowest BCUT2D eigenvalue weighted by molar-refractivity contribution is 0.475. The fourth-order valence-electron chi connectivity index (χ4n) is 2.07. The van der Waals surface area contributed by atoms with Crippen LogP contribution in [0.2, 0.25) is 0 Å². The van der Waals surface area contributed by atoms with Crippen molar-refractivity contribution in [3.8, 4) is 5.75 Å². The van der Waals surface area contributed by atoms with E-state index < -0.39 is 11.2 Å². The van der Waals surface area contributed by atoms with Crippen molar-refractivity contribution in [1.29, 1.82) is 0 Å².